The van der Waals surface area contributed by atoms with Crippen LogP contribution in [-0.2, 0) is 10.0 Å². The van der Waals surface area contributed by atoms with E-state index in [0.29, 0.717) is 10.9 Å². The number of alkyl halides is 2. The van der Waals surface area contributed by atoms with Crippen LogP contribution in [0.3, 0.4) is 0 Å². The van der Waals surface area contributed by atoms with Crippen LogP contribution >= 0.6 is 11.3 Å². The quantitative estimate of drug-likeness (QED) is 0.743. The first kappa shape index (κ1) is 14.0. The van der Waals surface area contributed by atoms with Crippen molar-refractivity contribution in [2.45, 2.75) is 10.8 Å². The van der Waals surface area contributed by atoms with E-state index >= 15 is 0 Å². The van der Waals surface area contributed by atoms with E-state index in [1.165, 1.54) is 23.6 Å². The van der Waals surface area contributed by atoms with Gasteiger partial charge in [0.05, 0.1) is 11.2 Å². The molecule has 1 aromatic carbocycles. The average molecular weight is 328 g/mol. The van der Waals surface area contributed by atoms with Crippen LogP contribution in [0.2, 0.25) is 0 Å². The van der Waals surface area contributed by atoms with E-state index < -0.39 is 16.6 Å². The third-order valence-electron chi connectivity index (χ3n) is 2.99. The van der Waals surface area contributed by atoms with Crippen LogP contribution in [0.4, 0.5) is 14.5 Å². The van der Waals surface area contributed by atoms with E-state index in [-0.39, 0.29) is 14.2 Å². The van der Waals surface area contributed by atoms with Crippen molar-refractivity contribution in [3.8, 4) is 0 Å². The van der Waals surface area contributed by atoms with Gasteiger partial charge in [0.15, 0.2) is 0 Å². The Bertz CT molecular complexity index is 857. The number of thiophene rings is 1. The second kappa shape index (κ2) is 5.12. The first-order valence-electron chi connectivity index (χ1n) is 5.94. The van der Waals surface area contributed by atoms with E-state index in [0.717, 1.165) is 11.3 Å². The monoisotopic (exact) mass is 328 g/mol. The van der Waals surface area contributed by atoms with Gasteiger partial charge >= 0.3 is 6.55 Å². The number of aromatic nitrogens is 1. The van der Waals surface area contributed by atoms with Crippen LogP contribution in [-0.4, -0.2) is 20.0 Å². The van der Waals surface area contributed by atoms with Crippen molar-refractivity contribution < 1.29 is 17.2 Å². The maximum atomic E-state index is 13.4. The van der Waals surface area contributed by atoms with E-state index in [9.17, 15) is 17.2 Å². The predicted molar refractivity (Wildman–Crippen MR) is 78.3 cm³/mol. The second-order valence-corrected chi connectivity index (χ2v) is 7.22. The number of aromatic amines is 1. The lowest BCUT2D eigenvalue weighted by atomic mass is 10.2. The van der Waals surface area contributed by atoms with E-state index in [4.69, 9.17) is 0 Å². The molecule has 0 fully saturated rings. The number of halogens is 2. The first-order valence-corrected chi connectivity index (χ1v) is 8.26. The molecule has 0 atom stereocenters. The molecule has 0 unspecified atom stereocenters. The van der Waals surface area contributed by atoms with Gasteiger partial charge < -0.3 is 4.98 Å². The van der Waals surface area contributed by atoms with Crippen molar-refractivity contribution in [2.75, 3.05) is 4.31 Å². The molecule has 3 aromatic rings. The minimum absolute atomic E-state index is 0.0686. The van der Waals surface area contributed by atoms with Gasteiger partial charge in [-0.25, -0.2) is 12.7 Å². The Morgan fingerprint density at radius 2 is 1.95 bits per heavy atom. The molecule has 21 heavy (non-hydrogen) atoms. The number of nitrogens with zero attached hydrogens (tertiary/aromatic N) is 1. The third kappa shape index (κ3) is 2.30. The molecule has 2 aromatic heterocycles. The summed E-state index contributed by atoms with van der Waals surface area (Å²) in [6, 6.07) is 9.14. The van der Waals surface area contributed by atoms with Crippen molar-refractivity contribution in [2.24, 2.45) is 0 Å². The van der Waals surface area contributed by atoms with Crippen LogP contribution in [0.1, 0.15) is 0 Å². The highest BCUT2D eigenvalue weighted by atomic mass is 32.2. The van der Waals surface area contributed by atoms with Crippen LogP contribution in [0.15, 0.2) is 52.2 Å². The summed E-state index contributed by atoms with van der Waals surface area (Å²) in [6.45, 7) is -3.18. The van der Waals surface area contributed by atoms with Crippen molar-refractivity contribution in [1.29, 1.82) is 0 Å². The standard InChI is InChI=1S/C13H10F2N2O2S2/c14-13(15)17(21(18,19)11-5-2-8-20-11)10-4-1-3-9-6-7-16-12(9)10/h1-8,13,16H. The molecule has 0 spiro atoms. The Morgan fingerprint density at radius 1 is 1.14 bits per heavy atom. The van der Waals surface area contributed by atoms with Gasteiger partial charge in [-0.3, -0.25) is 0 Å². The summed E-state index contributed by atoms with van der Waals surface area (Å²) >= 11 is 0.905. The fourth-order valence-electron chi connectivity index (χ4n) is 2.10. The lowest BCUT2D eigenvalue weighted by Gasteiger charge is -2.23. The van der Waals surface area contributed by atoms with Crippen molar-refractivity contribution in [3.05, 3.63) is 48.0 Å². The van der Waals surface area contributed by atoms with Gasteiger partial charge in [0.2, 0.25) is 0 Å². The summed E-state index contributed by atoms with van der Waals surface area (Å²) in [5.74, 6) is 0. The predicted octanol–water partition coefficient (Wildman–Crippen LogP) is 3.65. The van der Waals surface area contributed by atoms with E-state index in [1.807, 2.05) is 0 Å². The lowest BCUT2D eigenvalue weighted by Crippen LogP contribution is -2.35. The molecule has 0 saturated carbocycles. The number of para-hydroxylation sites is 1. The zero-order valence-corrected chi connectivity index (χ0v) is 12.2. The molecular weight excluding hydrogens is 318 g/mol. The number of anilines is 1. The number of benzene rings is 1. The molecule has 2 heterocycles. The highest BCUT2D eigenvalue weighted by molar-refractivity contribution is 7.94. The first-order chi connectivity index (χ1) is 10.0. The van der Waals surface area contributed by atoms with Crippen LogP contribution in [0.25, 0.3) is 10.9 Å². The molecule has 0 aliphatic rings. The molecule has 0 radical (unpaired) electrons. The summed E-state index contributed by atoms with van der Waals surface area (Å²) < 4.78 is 51.8. The minimum atomic E-state index is -4.30. The Kier molecular flexibility index (Phi) is 3.42. The van der Waals surface area contributed by atoms with E-state index in [1.54, 1.807) is 24.4 Å². The molecule has 110 valence electrons. The van der Waals surface area contributed by atoms with Crippen LogP contribution < -0.4 is 4.31 Å². The maximum absolute atomic E-state index is 13.4. The van der Waals surface area contributed by atoms with Gasteiger partial charge in [0.1, 0.15) is 4.21 Å². The SMILES string of the molecule is O=S(=O)(c1cccs1)N(c1cccc2cc[nH]c12)C(F)F. The minimum Gasteiger partial charge on any atom is -0.359 e. The fraction of sp³-hybridized carbons (Fsp3) is 0.0769. The molecule has 4 nitrogen and oxygen atoms in total. The molecule has 3 rings (SSSR count). The number of H-pyrrole nitrogens is 1. The molecule has 0 aliphatic carbocycles. The molecule has 1 N–H and O–H groups in total. The molecular formula is C13H10F2N2O2S2. The summed E-state index contributed by atoms with van der Waals surface area (Å²) in [7, 11) is -4.30. The zero-order valence-electron chi connectivity index (χ0n) is 10.5. The number of hydrogen-bond donors (Lipinski definition) is 1. The topological polar surface area (TPSA) is 53.2 Å². The van der Waals surface area contributed by atoms with Crippen molar-refractivity contribution in [1.82, 2.24) is 4.98 Å². The molecule has 0 aliphatic heterocycles. The highest BCUT2D eigenvalue weighted by Gasteiger charge is 2.34. The lowest BCUT2D eigenvalue weighted by molar-refractivity contribution is 0.162. The number of rotatable bonds is 4. The Hall–Kier alpha value is -1.93. The summed E-state index contributed by atoms with van der Waals surface area (Å²) in [6.07, 6.45) is 1.58. The third-order valence-corrected chi connectivity index (χ3v) is 6.09. The van der Waals surface area contributed by atoms with Gasteiger partial charge in [-0.05, 0) is 23.6 Å². The van der Waals surface area contributed by atoms with Crippen LogP contribution in [0, 0.1) is 0 Å². The molecule has 0 saturated heterocycles. The number of hydrogen-bond acceptors (Lipinski definition) is 3. The smallest absolute Gasteiger partial charge is 0.328 e. The highest BCUT2D eigenvalue weighted by Crippen LogP contribution is 2.33. The van der Waals surface area contributed by atoms with E-state index in [2.05, 4.69) is 4.98 Å². The van der Waals surface area contributed by atoms with Gasteiger partial charge in [-0.1, -0.05) is 18.2 Å². The maximum Gasteiger partial charge on any atom is 0.328 e. The van der Waals surface area contributed by atoms with Gasteiger partial charge in [-0.15, -0.1) is 11.3 Å². The molecule has 0 amide bonds. The summed E-state index contributed by atoms with van der Waals surface area (Å²) in [5.41, 5.74) is 0.291. The molecule has 8 heteroatoms. The normalized spacial score (nSPS) is 12.1. The zero-order chi connectivity index (χ0) is 15.0. The average Bonchev–Trinajstić information content (AvgIpc) is 3.10. The number of nitrogens with one attached hydrogen (secondary N) is 1. The Labute approximate surface area is 123 Å². The largest absolute Gasteiger partial charge is 0.359 e. The van der Waals surface area contributed by atoms with Gasteiger partial charge in [0.25, 0.3) is 10.0 Å². The fourth-order valence-corrected chi connectivity index (χ4v) is 4.51. The molecule has 0 bridgehead atoms. The summed E-state index contributed by atoms with van der Waals surface area (Å²) in [4.78, 5) is 2.80. The van der Waals surface area contributed by atoms with Crippen molar-refractivity contribution >= 4 is 38.0 Å². The van der Waals surface area contributed by atoms with Gasteiger partial charge in [0, 0.05) is 11.6 Å². The van der Waals surface area contributed by atoms with Crippen LogP contribution in [0.5, 0.6) is 0 Å². The van der Waals surface area contributed by atoms with Crippen molar-refractivity contribution in [3.63, 3.8) is 0 Å². The second-order valence-electron chi connectivity index (χ2n) is 4.23. The summed E-state index contributed by atoms with van der Waals surface area (Å²) in [5, 5.41) is 2.20. The Morgan fingerprint density at radius 3 is 2.62 bits per heavy atom. The Balaban J connectivity index is 2.22. The number of sulfonamides is 1. The number of fused-ring (bicyclic) bond motifs is 1. The van der Waals surface area contributed by atoms with Gasteiger partial charge in [-0.2, -0.15) is 8.78 Å².